The molecule has 86 valence electrons. The summed E-state index contributed by atoms with van der Waals surface area (Å²) in [5, 5.41) is 28.5. The SMILES string of the molecule is CC(CC(=O)O)c1cc(O)ccc1[N+](=O)[O-]. The second-order valence-corrected chi connectivity index (χ2v) is 3.50. The smallest absolute Gasteiger partial charge is 0.303 e. The van der Waals surface area contributed by atoms with E-state index in [9.17, 15) is 20.0 Å². The van der Waals surface area contributed by atoms with Crippen molar-refractivity contribution in [2.24, 2.45) is 0 Å². The van der Waals surface area contributed by atoms with Crippen molar-refractivity contribution in [3.8, 4) is 5.75 Å². The van der Waals surface area contributed by atoms with Crippen LogP contribution in [0.2, 0.25) is 0 Å². The zero-order chi connectivity index (χ0) is 12.3. The number of nitro groups is 1. The fourth-order valence-corrected chi connectivity index (χ4v) is 1.47. The first kappa shape index (κ1) is 12.0. The average Bonchev–Trinajstić information content (AvgIpc) is 2.15. The molecule has 1 atom stereocenters. The average molecular weight is 225 g/mol. The molecule has 0 heterocycles. The number of hydrogen-bond donors (Lipinski definition) is 2. The number of benzene rings is 1. The van der Waals surface area contributed by atoms with E-state index in [1.807, 2.05) is 0 Å². The maximum absolute atomic E-state index is 10.7. The number of phenolic OH excluding ortho intramolecular Hbond substituents is 1. The summed E-state index contributed by atoms with van der Waals surface area (Å²) in [4.78, 5) is 20.6. The molecule has 0 fully saturated rings. The van der Waals surface area contributed by atoms with Gasteiger partial charge in [-0.05, 0) is 18.1 Å². The Bertz CT molecular complexity index is 429. The molecule has 1 aromatic rings. The van der Waals surface area contributed by atoms with Crippen molar-refractivity contribution in [2.45, 2.75) is 19.3 Å². The summed E-state index contributed by atoms with van der Waals surface area (Å²) in [6.07, 6.45) is -0.218. The van der Waals surface area contributed by atoms with Gasteiger partial charge in [0.2, 0.25) is 0 Å². The highest BCUT2D eigenvalue weighted by atomic mass is 16.6. The monoisotopic (exact) mass is 225 g/mol. The molecular formula is C10H11NO5. The van der Waals surface area contributed by atoms with Gasteiger partial charge in [-0.25, -0.2) is 0 Å². The van der Waals surface area contributed by atoms with Crippen molar-refractivity contribution >= 4 is 11.7 Å². The van der Waals surface area contributed by atoms with Crippen molar-refractivity contribution in [1.82, 2.24) is 0 Å². The Morgan fingerprint density at radius 1 is 1.56 bits per heavy atom. The lowest BCUT2D eigenvalue weighted by atomic mass is 9.96. The van der Waals surface area contributed by atoms with E-state index in [0.717, 1.165) is 0 Å². The molecule has 0 aliphatic carbocycles. The Morgan fingerprint density at radius 2 is 2.19 bits per heavy atom. The lowest BCUT2D eigenvalue weighted by Crippen LogP contribution is -2.05. The minimum atomic E-state index is -1.04. The van der Waals surface area contributed by atoms with Gasteiger partial charge in [-0.1, -0.05) is 6.92 Å². The molecule has 1 rings (SSSR count). The van der Waals surface area contributed by atoms with Gasteiger partial charge >= 0.3 is 5.97 Å². The van der Waals surface area contributed by atoms with Gasteiger partial charge in [0.15, 0.2) is 0 Å². The standard InChI is InChI=1S/C10H11NO5/c1-6(4-10(13)14)8-5-7(12)2-3-9(8)11(15)16/h2-3,5-6,12H,4H2,1H3,(H,13,14). The molecule has 0 aliphatic heterocycles. The summed E-state index contributed by atoms with van der Waals surface area (Å²) in [5.74, 6) is -1.67. The third kappa shape index (κ3) is 2.69. The number of nitrogens with zero attached hydrogens (tertiary/aromatic N) is 1. The van der Waals surface area contributed by atoms with Crippen molar-refractivity contribution in [3.05, 3.63) is 33.9 Å². The molecule has 1 unspecified atom stereocenters. The van der Waals surface area contributed by atoms with E-state index in [1.165, 1.54) is 18.2 Å². The summed E-state index contributed by atoms with van der Waals surface area (Å²) < 4.78 is 0. The van der Waals surface area contributed by atoms with Crippen molar-refractivity contribution in [3.63, 3.8) is 0 Å². The van der Waals surface area contributed by atoms with Crippen LogP contribution in [0.3, 0.4) is 0 Å². The molecule has 0 aromatic heterocycles. The van der Waals surface area contributed by atoms with Crippen LogP contribution in [0.1, 0.15) is 24.8 Å². The third-order valence-corrected chi connectivity index (χ3v) is 2.22. The lowest BCUT2D eigenvalue weighted by molar-refractivity contribution is -0.385. The zero-order valence-corrected chi connectivity index (χ0v) is 8.58. The first-order valence-corrected chi connectivity index (χ1v) is 4.61. The number of carboxylic acid groups (broad SMARTS) is 1. The molecule has 0 radical (unpaired) electrons. The van der Waals surface area contributed by atoms with Gasteiger partial charge in [-0.15, -0.1) is 0 Å². The van der Waals surface area contributed by atoms with E-state index in [0.29, 0.717) is 0 Å². The summed E-state index contributed by atoms with van der Waals surface area (Å²) >= 11 is 0. The van der Waals surface area contributed by atoms with Crippen molar-refractivity contribution < 1.29 is 19.9 Å². The minimum Gasteiger partial charge on any atom is -0.508 e. The highest BCUT2D eigenvalue weighted by molar-refractivity contribution is 5.68. The molecule has 0 aliphatic rings. The van der Waals surface area contributed by atoms with Crippen LogP contribution in [0.15, 0.2) is 18.2 Å². The maximum Gasteiger partial charge on any atom is 0.303 e. The highest BCUT2D eigenvalue weighted by Gasteiger charge is 2.21. The van der Waals surface area contributed by atoms with Crippen molar-refractivity contribution in [2.75, 3.05) is 0 Å². The maximum atomic E-state index is 10.7. The van der Waals surface area contributed by atoms with Crippen LogP contribution in [-0.4, -0.2) is 21.1 Å². The molecule has 0 bridgehead atoms. The molecule has 0 spiro atoms. The summed E-state index contributed by atoms with van der Waals surface area (Å²) in [6, 6.07) is 3.60. The summed E-state index contributed by atoms with van der Waals surface area (Å²) in [5.41, 5.74) is 0.0546. The van der Waals surface area contributed by atoms with Crippen LogP contribution < -0.4 is 0 Å². The quantitative estimate of drug-likeness (QED) is 0.601. The van der Waals surface area contributed by atoms with Gasteiger partial charge < -0.3 is 10.2 Å². The number of rotatable bonds is 4. The van der Waals surface area contributed by atoms with E-state index in [-0.39, 0.29) is 23.4 Å². The van der Waals surface area contributed by atoms with Gasteiger partial charge in [-0.2, -0.15) is 0 Å². The van der Waals surface area contributed by atoms with Gasteiger partial charge in [0, 0.05) is 11.6 Å². The van der Waals surface area contributed by atoms with Crippen LogP contribution >= 0.6 is 0 Å². The van der Waals surface area contributed by atoms with Crippen LogP contribution in [0.25, 0.3) is 0 Å². The van der Waals surface area contributed by atoms with E-state index in [2.05, 4.69) is 0 Å². The number of aromatic hydroxyl groups is 1. The highest BCUT2D eigenvalue weighted by Crippen LogP contribution is 2.31. The number of phenols is 1. The van der Waals surface area contributed by atoms with E-state index < -0.39 is 16.8 Å². The molecule has 0 saturated heterocycles. The van der Waals surface area contributed by atoms with Crippen molar-refractivity contribution in [1.29, 1.82) is 0 Å². The Hall–Kier alpha value is -2.11. The molecule has 1 aromatic carbocycles. The van der Waals surface area contributed by atoms with Crippen LogP contribution in [-0.2, 0) is 4.79 Å². The molecule has 0 amide bonds. The molecule has 6 nitrogen and oxygen atoms in total. The Labute approximate surface area is 91.3 Å². The van der Waals surface area contributed by atoms with E-state index >= 15 is 0 Å². The number of hydrogen-bond acceptors (Lipinski definition) is 4. The van der Waals surface area contributed by atoms with Crippen LogP contribution in [0.5, 0.6) is 5.75 Å². The normalized spacial score (nSPS) is 12.1. The van der Waals surface area contributed by atoms with Gasteiger partial charge in [0.25, 0.3) is 5.69 Å². The summed E-state index contributed by atoms with van der Waals surface area (Å²) in [7, 11) is 0. The largest absolute Gasteiger partial charge is 0.508 e. The second kappa shape index (κ2) is 4.61. The zero-order valence-electron chi connectivity index (χ0n) is 8.58. The first-order chi connectivity index (χ1) is 7.41. The number of carbonyl (C=O) groups is 1. The second-order valence-electron chi connectivity index (χ2n) is 3.50. The Balaban J connectivity index is 3.13. The molecule has 2 N–H and O–H groups in total. The first-order valence-electron chi connectivity index (χ1n) is 4.61. The van der Waals surface area contributed by atoms with E-state index in [1.54, 1.807) is 6.92 Å². The molecule has 6 heteroatoms. The minimum absolute atomic E-state index is 0.113. The lowest BCUT2D eigenvalue weighted by Gasteiger charge is -2.09. The van der Waals surface area contributed by atoms with Gasteiger partial charge in [-0.3, -0.25) is 14.9 Å². The molecule has 0 saturated carbocycles. The Kier molecular flexibility index (Phi) is 3.44. The number of aliphatic carboxylic acids is 1. The molecular weight excluding hydrogens is 214 g/mol. The third-order valence-electron chi connectivity index (χ3n) is 2.22. The van der Waals surface area contributed by atoms with Crippen LogP contribution in [0, 0.1) is 10.1 Å². The van der Waals surface area contributed by atoms with E-state index in [4.69, 9.17) is 5.11 Å². The number of carboxylic acids is 1. The predicted molar refractivity (Wildman–Crippen MR) is 55.4 cm³/mol. The fourth-order valence-electron chi connectivity index (χ4n) is 1.47. The van der Waals surface area contributed by atoms with Gasteiger partial charge in [0.1, 0.15) is 5.75 Å². The topological polar surface area (TPSA) is 101 Å². The number of nitro benzene ring substituents is 1. The predicted octanol–water partition coefficient (Wildman–Crippen LogP) is 1.88. The van der Waals surface area contributed by atoms with Crippen LogP contribution in [0.4, 0.5) is 5.69 Å². The summed E-state index contributed by atoms with van der Waals surface area (Å²) in [6.45, 7) is 1.57. The molecule has 16 heavy (non-hydrogen) atoms. The fraction of sp³-hybridized carbons (Fsp3) is 0.300. The van der Waals surface area contributed by atoms with Gasteiger partial charge in [0.05, 0.1) is 11.3 Å². The Morgan fingerprint density at radius 3 is 2.69 bits per heavy atom.